The van der Waals surface area contributed by atoms with Crippen molar-refractivity contribution in [3.8, 4) is 0 Å². The number of ketones is 1. The summed E-state index contributed by atoms with van der Waals surface area (Å²) in [4.78, 5) is 11.6. The fourth-order valence-corrected chi connectivity index (χ4v) is 3.77. The van der Waals surface area contributed by atoms with Crippen molar-refractivity contribution in [2.75, 3.05) is 5.43 Å². The molecular formula is C16H17N3O5S2. The fraction of sp³-hybridized carbons (Fsp3) is 0.125. The maximum Gasteiger partial charge on any atom is 0.238 e. The zero-order chi connectivity index (χ0) is 19.5. The Morgan fingerprint density at radius 1 is 0.923 bits per heavy atom. The summed E-state index contributed by atoms with van der Waals surface area (Å²) in [5, 5.41) is 8.05. The van der Waals surface area contributed by atoms with Crippen molar-refractivity contribution >= 4 is 36.4 Å². The molecule has 0 bridgehead atoms. The molecule has 0 heterocycles. The highest BCUT2D eigenvalue weighted by Crippen LogP contribution is 2.16. The summed E-state index contributed by atoms with van der Waals surface area (Å²) in [7, 11) is -7.94. The molecule has 2 aromatic rings. The molecule has 0 aromatic heterocycles. The van der Waals surface area contributed by atoms with Crippen molar-refractivity contribution < 1.29 is 21.6 Å². The van der Waals surface area contributed by atoms with Crippen LogP contribution < -0.4 is 10.6 Å². The third-order valence-corrected chi connectivity index (χ3v) is 6.07. The first-order valence-electron chi connectivity index (χ1n) is 7.31. The molecule has 26 heavy (non-hydrogen) atoms. The van der Waals surface area contributed by atoms with Gasteiger partial charge in [-0.05, 0) is 43.3 Å². The number of benzene rings is 2. The molecule has 0 saturated heterocycles. The number of hydrogen-bond acceptors (Lipinski definition) is 7. The molecule has 10 heteroatoms. The predicted molar refractivity (Wildman–Crippen MR) is 97.9 cm³/mol. The first-order valence-corrected chi connectivity index (χ1v) is 10.3. The number of carbonyl (C=O) groups is 1. The second kappa shape index (κ2) is 7.36. The Morgan fingerprint density at radius 3 is 1.88 bits per heavy atom. The Bertz CT molecular complexity index is 1060. The monoisotopic (exact) mass is 395 g/mol. The van der Waals surface area contributed by atoms with E-state index < -0.39 is 30.7 Å². The van der Waals surface area contributed by atoms with Crippen LogP contribution in [0.2, 0.25) is 0 Å². The van der Waals surface area contributed by atoms with E-state index in [0.29, 0.717) is 0 Å². The second-order valence-electron chi connectivity index (χ2n) is 5.47. The lowest BCUT2D eigenvalue weighted by Crippen LogP contribution is -2.24. The van der Waals surface area contributed by atoms with E-state index in [0.717, 1.165) is 12.5 Å². The molecular weight excluding hydrogens is 378 g/mol. The van der Waals surface area contributed by atoms with E-state index in [1.165, 1.54) is 36.4 Å². The average molecular weight is 395 g/mol. The van der Waals surface area contributed by atoms with Crippen molar-refractivity contribution in [1.82, 2.24) is 0 Å². The summed E-state index contributed by atoms with van der Waals surface area (Å²) in [6.07, 6.45) is 0. The summed E-state index contributed by atoms with van der Waals surface area (Å²) in [6, 6.07) is 11.2. The highest BCUT2D eigenvalue weighted by atomic mass is 32.2. The Morgan fingerprint density at radius 2 is 1.42 bits per heavy atom. The molecule has 0 aliphatic heterocycles. The molecule has 2 rings (SSSR count). The van der Waals surface area contributed by atoms with E-state index in [4.69, 9.17) is 5.14 Å². The molecule has 0 unspecified atom stereocenters. The normalized spacial score (nSPS) is 12.7. The Balaban J connectivity index is 2.35. The van der Waals surface area contributed by atoms with Crippen LogP contribution in [0.5, 0.6) is 0 Å². The van der Waals surface area contributed by atoms with Gasteiger partial charge in [0.15, 0.2) is 5.78 Å². The van der Waals surface area contributed by atoms with Crippen LogP contribution in [0, 0.1) is 6.92 Å². The first kappa shape index (κ1) is 19.8. The number of sulfonamides is 1. The number of nitrogens with one attached hydrogen (secondary N) is 1. The molecule has 0 fully saturated rings. The zero-order valence-corrected chi connectivity index (χ0v) is 15.6. The number of Topliss-reactive ketones (excluding diaryl/α,β-unsaturated/α-hetero) is 1. The van der Waals surface area contributed by atoms with Crippen LogP contribution in [0.3, 0.4) is 0 Å². The number of nitrogens with zero attached hydrogens (tertiary/aromatic N) is 1. The first-order chi connectivity index (χ1) is 12.0. The van der Waals surface area contributed by atoms with E-state index in [2.05, 4.69) is 10.5 Å². The SMILES string of the molecule is CC(=O)/C(=N/Nc1ccc(S(N)(=O)=O)cc1)S(=O)(=O)c1ccc(C)cc1. The van der Waals surface area contributed by atoms with Gasteiger partial charge in [0.05, 0.1) is 15.5 Å². The van der Waals surface area contributed by atoms with Gasteiger partial charge in [-0.15, -0.1) is 0 Å². The van der Waals surface area contributed by atoms with Gasteiger partial charge in [0, 0.05) is 6.92 Å². The van der Waals surface area contributed by atoms with Crippen molar-refractivity contribution in [2.24, 2.45) is 10.2 Å². The molecule has 2 aromatic carbocycles. The summed E-state index contributed by atoms with van der Waals surface area (Å²) < 4.78 is 47.6. The van der Waals surface area contributed by atoms with E-state index in [1.807, 2.05) is 6.92 Å². The molecule has 0 aliphatic carbocycles. The van der Waals surface area contributed by atoms with Gasteiger partial charge in [-0.2, -0.15) is 5.10 Å². The summed E-state index contributed by atoms with van der Waals surface area (Å²) in [5.41, 5.74) is 3.61. The molecule has 0 saturated carbocycles. The lowest BCUT2D eigenvalue weighted by molar-refractivity contribution is -0.110. The second-order valence-corrected chi connectivity index (χ2v) is 8.90. The van der Waals surface area contributed by atoms with E-state index in [1.54, 1.807) is 12.1 Å². The van der Waals surface area contributed by atoms with Crippen LogP contribution in [0.15, 0.2) is 63.4 Å². The van der Waals surface area contributed by atoms with Gasteiger partial charge in [0.1, 0.15) is 0 Å². The van der Waals surface area contributed by atoms with Gasteiger partial charge in [0.25, 0.3) is 0 Å². The summed E-state index contributed by atoms with van der Waals surface area (Å²) in [5.74, 6) is -0.737. The molecule has 0 aliphatic rings. The highest BCUT2D eigenvalue weighted by Gasteiger charge is 2.26. The highest BCUT2D eigenvalue weighted by molar-refractivity contribution is 8.08. The summed E-state index contributed by atoms with van der Waals surface area (Å²) >= 11 is 0. The quantitative estimate of drug-likeness (QED) is 0.446. The smallest absolute Gasteiger partial charge is 0.238 e. The largest absolute Gasteiger partial charge is 0.292 e. The Labute approximate surface area is 151 Å². The van der Waals surface area contributed by atoms with Gasteiger partial charge in [-0.25, -0.2) is 22.0 Å². The molecule has 0 atom stereocenters. The van der Waals surface area contributed by atoms with Gasteiger partial charge < -0.3 is 0 Å². The van der Waals surface area contributed by atoms with Crippen molar-refractivity contribution in [2.45, 2.75) is 23.6 Å². The van der Waals surface area contributed by atoms with Gasteiger partial charge >= 0.3 is 0 Å². The predicted octanol–water partition coefficient (Wildman–Crippen LogP) is 1.43. The maximum atomic E-state index is 12.6. The van der Waals surface area contributed by atoms with Gasteiger partial charge in [0.2, 0.25) is 24.9 Å². The third kappa shape index (κ3) is 4.54. The Hall–Kier alpha value is -2.56. The summed E-state index contributed by atoms with van der Waals surface area (Å²) in [6.45, 7) is 2.90. The van der Waals surface area contributed by atoms with Gasteiger partial charge in [-0.3, -0.25) is 10.2 Å². The molecule has 0 amide bonds. The van der Waals surface area contributed by atoms with Crippen LogP contribution in [-0.2, 0) is 24.7 Å². The minimum atomic E-state index is -4.10. The number of hydrogen-bond donors (Lipinski definition) is 2. The molecule has 0 spiro atoms. The average Bonchev–Trinajstić information content (AvgIpc) is 2.54. The van der Waals surface area contributed by atoms with Crippen molar-refractivity contribution in [3.05, 3.63) is 54.1 Å². The third-order valence-electron chi connectivity index (χ3n) is 3.36. The molecule has 3 N–H and O–H groups in total. The minimum absolute atomic E-state index is 0.0524. The van der Waals surface area contributed by atoms with Crippen LogP contribution in [0.4, 0.5) is 5.69 Å². The molecule has 0 radical (unpaired) electrons. The van der Waals surface area contributed by atoms with Crippen molar-refractivity contribution in [1.29, 1.82) is 0 Å². The standard InChI is InChI=1S/C16H17N3O5S2/c1-11-3-7-14(8-4-11)25(21,22)16(12(2)20)19-18-13-5-9-15(10-6-13)26(17,23)24/h3-10,18H,1-2H3,(H2,17,23,24)/b19-16-. The number of hydrazone groups is 1. The van der Waals surface area contributed by atoms with E-state index in [9.17, 15) is 21.6 Å². The number of carbonyl (C=O) groups excluding carboxylic acids is 1. The van der Waals surface area contributed by atoms with Crippen LogP contribution >= 0.6 is 0 Å². The lowest BCUT2D eigenvalue weighted by Gasteiger charge is -2.07. The van der Waals surface area contributed by atoms with Crippen LogP contribution in [0.1, 0.15) is 12.5 Å². The fourth-order valence-electron chi connectivity index (χ4n) is 1.99. The van der Waals surface area contributed by atoms with Crippen LogP contribution in [-0.4, -0.2) is 27.7 Å². The topological polar surface area (TPSA) is 136 Å². The number of sulfone groups is 1. The van der Waals surface area contributed by atoms with E-state index in [-0.39, 0.29) is 15.5 Å². The maximum absolute atomic E-state index is 12.6. The lowest BCUT2D eigenvalue weighted by atomic mass is 10.2. The number of primary sulfonamides is 1. The molecule has 8 nitrogen and oxygen atoms in total. The van der Waals surface area contributed by atoms with Crippen molar-refractivity contribution in [3.63, 3.8) is 0 Å². The van der Waals surface area contributed by atoms with E-state index >= 15 is 0 Å². The number of anilines is 1. The number of rotatable bonds is 5. The molecule has 138 valence electrons. The van der Waals surface area contributed by atoms with Crippen LogP contribution in [0.25, 0.3) is 0 Å². The number of nitrogens with two attached hydrogens (primary N) is 1. The number of aryl methyl sites for hydroxylation is 1. The van der Waals surface area contributed by atoms with Gasteiger partial charge in [-0.1, -0.05) is 17.7 Å². The Kier molecular flexibility index (Phi) is 5.59. The zero-order valence-electron chi connectivity index (χ0n) is 14.0. The minimum Gasteiger partial charge on any atom is -0.292 e.